The highest BCUT2D eigenvalue weighted by molar-refractivity contribution is 7.13. The molecule has 1 amide bonds. The van der Waals surface area contributed by atoms with Crippen molar-refractivity contribution in [3.8, 4) is 16.2 Å². The first kappa shape index (κ1) is 18.1. The van der Waals surface area contributed by atoms with Gasteiger partial charge in [0.15, 0.2) is 18.2 Å². The Morgan fingerprint density at radius 2 is 2.08 bits per heavy atom. The van der Waals surface area contributed by atoms with E-state index >= 15 is 0 Å². The number of ether oxygens (including phenoxy) is 1. The number of aryl methyl sites for hydroxylation is 1. The Morgan fingerprint density at radius 1 is 1.27 bits per heavy atom. The van der Waals surface area contributed by atoms with Crippen LogP contribution < -0.4 is 10.1 Å². The highest BCUT2D eigenvalue weighted by Crippen LogP contribution is 2.30. The highest BCUT2D eigenvalue weighted by atomic mass is 32.1. The Bertz CT molecular complexity index is 890. The Balaban J connectivity index is 1.51. The maximum atomic E-state index is 13.4. The average molecular weight is 373 g/mol. The third-order valence-electron chi connectivity index (χ3n) is 3.99. The smallest absolute Gasteiger partial charge is 0.258 e. The summed E-state index contributed by atoms with van der Waals surface area (Å²) in [6, 6.07) is 10.1. The number of rotatable bonds is 7. The molecule has 0 radical (unpaired) electrons. The van der Waals surface area contributed by atoms with E-state index in [1.54, 1.807) is 23.5 Å². The van der Waals surface area contributed by atoms with E-state index in [-0.39, 0.29) is 18.3 Å². The molecule has 1 aromatic carbocycles. The zero-order valence-corrected chi connectivity index (χ0v) is 15.5. The van der Waals surface area contributed by atoms with Gasteiger partial charge >= 0.3 is 0 Å². The van der Waals surface area contributed by atoms with Gasteiger partial charge in [0.25, 0.3) is 5.91 Å². The van der Waals surface area contributed by atoms with Gasteiger partial charge in [-0.05, 0) is 37.4 Å². The number of para-hydroxylation sites is 1. The quantitative estimate of drug-likeness (QED) is 0.689. The molecule has 0 fully saturated rings. The summed E-state index contributed by atoms with van der Waals surface area (Å²) < 4.78 is 20.5. The lowest BCUT2D eigenvalue weighted by Gasteiger charge is -2.09. The molecule has 1 N–H and O–H groups in total. The van der Waals surface area contributed by atoms with Crippen molar-refractivity contribution in [1.29, 1.82) is 0 Å². The van der Waals surface area contributed by atoms with Crippen LogP contribution in [0.1, 0.15) is 11.4 Å². The molecule has 0 spiro atoms. The van der Waals surface area contributed by atoms with Gasteiger partial charge in [0.1, 0.15) is 0 Å². The van der Waals surface area contributed by atoms with Crippen molar-refractivity contribution in [3.63, 3.8) is 0 Å². The maximum absolute atomic E-state index is 13.4. The van der Waals surface area contributed by atoms with Crippen molar-refractivity contribution in [3.05, 3.63) is 59.0 Å². The lowest BCUT2D eigenvalue weighted by Crippen LogP contribution is -2.32. The van der Waals surface area contributed by atoms with E-state index in [1.165, 1.54) is 17.0 Å². The summed E-state index contributed by atoms with van der Waals surface area (Å²) in [6.07, 6.45) is 0. The van der Waals surface area contributed by atoms with Crippen molar-refractivity contribution in [2.75, 3.05) is 13.2 Å². The minimum atomic E-state index is -0.482. The zero-order valence-electron chi connectivity index (χ0n) is 14.7. The molecule has 0 unspecified atom stereocenters. The van der Waals surface area contributed by atoms with E-state index in [0.717, 1.165) is 17.0 Å². The van der Waals surface area contributed by atoms with Crippen LogP contribution in [-0.2, 0) is 11.3 Å². The monoisotopic (exact) mass is 373 g/mol. The van der Waals surface area contributed by atoms with Crippen LogP contribution in [-0.4, -0.2) is 28.8 Å². The number of nitrogens with one attached hydrogen (secondary N) is 1. The minimum Gasteiger partial charge on any atom is -0.481 e. The SMILES string of the molecule is Cc1nn(CCNC(=O)COc2ccccc2F)c(C)c1-c1cccs1. The number of nitrogens with zero attached hydrogens (tertiary/aromatic N) is 2. The normalized spacial score (nSPS) is 10.7. The summed E-state index contributed by atoms with van der Waals surface area (Å²) >= 11 is 1.68. The predicted octanol–water partition coefficient (Wildman–Crippen LogP) is 3.56. The number of halogens is 1. The van der Waals surface area contributed by atoms with E-state index < -0.39 is 5.82 Å². The molecule has 3 aromatic rings. The summed E-state index contributed by atoms with van der Waals surface area (Å²) in [5, 5.41) is 9.37. The molecule has 2 aromatic heterocycles. The molecule has 136 valence electrons. The molecule has 0 bridgehead atoms. The standard InChI is InChI=1S/C19H20FN3O2S/c1-13-19(17-8-5-11-26-17)14(2)23(22-13)10-9-21-18(24)12-25-16-7-4-3-6-15(16)20/h3-8,11H,9-10,12H2,1-2H3,(H,21,24). The molecule has 7 heteroatoms. The molecule has 0 aliphatic rings. The number of hydrogen-bond acceptors (Lipinski definition) is 4. The van der Waals surface area contributed by atoms with E-state index in [1.807, 2.05) is 30.0 Å². The van der Waals surface area contributed by atoms with Crippen LogP contribution in [0.3, 0.4) is 0 Å². The first-order chi connectivity index (χ1) is 12.6. The van der Waals surface area contributed by atoms with Crippen LogP contribution in [0.4, 0.5) is 4.39 Å². The fourth-order valence-corrected chi connectivity index (χ4v) is 3.62. The Hall–Kier alpha value is -2.67. The summed E-state index contributed by atoms with van der Waals surface area (Å²) in [6.45, 7) is 4.77. The first-order valence-electron chi connectivity index (χ1n) is 8.28. The van der Waals surface area contributed by atoms with Crippen LogP contribution in [0.15, 0.2) is 41.8 Å². The second-order valence-electron chi connectivity index (χ2n) is 5.82. The van der Waals surface area contributed by atoms with Crippen LogP contribution in [0.25, 0.3) is 10.4 Å². The molecule has 0 saturated heterocycles. The fourth-order valence-electron chi connectivity index (χ4n) is 2.75. The van der Waals surface area contributed by atoms with Crippen LogP contribution in [0.5, 0.6) is 5.75 Å². The summed E-state index contributed by atoms with van der Waals surface area (Å²) in [5.74, 6) is -0.709. The molecule has 5 nitrogen and oxygen atoms in total. The number of aromatic nitrogens is 2. The molecule has 0 atom stereocenters. The van der Waals surface area contributed by atoms with Crippen molar-refractivity contribution in [1.82, 2.24) is 15.1 Å². The zero-order chi connectivity index (χ0) is 18.5. The first-order valence-corrected chi connectivity index (χ1v) is 9.16. The van der Waals surface area contributed by atoms with Gasteiger partial charge in [0.05, 0.1) is 12.2 Å². The van der Waals surface area contributed by atoms with E-state index in [4.69, 9.17) is 4.74 Å². The molecule has 0 aliphatic heterocycles. The molecule has 3 rings (SSSR count). The number of thiophene rings is 1. The van der Waals surface area contributed by atoms with Gasteiger partial charge in [-0.1, -0.05) is 18.2 Å². The lowest BCUT2D eigenvalue weighted by molar-refractivity contribution is -0.123. The van der Waals surface area contributed by atoms with Gasteiger partial charge in [-0.15, -0.1) is 11.3 Å². The highest BCUT2D eigenvalue weighted by Gasteiger charge is 2.14. The van der Waals surface area contributed by atoms with Crippen molar-refractivity contribution in [2.24, 2.45) is 0 Å². The van der Waals surface area contributed by atoms with Crippen LogP contribution in [0.2, 0.25) is 0 Å². The molecular formula is C19H20FN3O2S. The van der Waals surface area contributed by atoms with Gasteiger partial charge in [0, 0.05) is 22.7 Å². The largest absolute Gasteiger partial charge is 0.481 e. The van der Waals surface area contributed by atoms with Gasteiger partial charge in [-0.25, -0.2) is 4.39 Å². The van der Waals surface area contributed by atoms with Crippen molar-refractivity contribution >= 4 is 17.2 Å². The van der Waals surface area contributed by atoms with Gasteiger partial charge in [-0.3, -0.25) is 9.48 Å². The molecular weight excluding hydrogens is 353 g/mol. The Morgan fingerprint density at radius 3 is 2.81 bits per heavy atom. The number of benzene rings is 1. The van der Waals surface area contributed by atoms with E-state index in [9.17, 15) is 9.18 Å². The summed E-state index contributed by atoms with van der Waals surface area (Å²) in [4.78, 5) is 13.1. The number of carbonyl (C=O) groups excluding carboxylic acids is 1. The van der Waals surface area contributed by atoms with E-state index in [2.05, 4.69) is 16.5 Å². The molecule has 0 aliphatic carbocycles. The topological polar surface area (TPSA) is 56.2 Å². The van der Waals surface area contributed by atoms with Crippen molar-refractivity contribution < 1.29 is 13.9 Å². The summed E-state index contributed by atoms with van der Waals surface area (Å²) in [7, 11) is 0. The fraction of sp³-hybridized carbons (Fsp3) is 0.263. The molecule has 26 heavy (non-hydrogen) atoms. The van der Waals surface area contributed by atoms with E-state index in [0.29, 0.717) is 13.1 Å². The number of hydrogen-bond donors (Lipinski definition) is 1. The van der Waals surface area contributed by atoms with Crippen LogP contribution >= 0.6 is 11.3 Å². The lowest BCUT2D eigenvalue weighted by atomic mass is 10.1. The van der Waals surface area contributed by atoms with Gasteiger partial charge < -0.3 is 10.1 Å². The summed E-state index contributed by atoms with van der Waals surface area (Å²) in [5.41, 5.74) is 3.19. The predicted molar refractivity (Wildman–Crippen MR) is 99.9 cm³/mol. The average Bonchev–Trinajstić information content (AvgIpc) is 3.22. The Labute approximate surface area is 155 Å². The van der Waals surface area contributed by atoms with Crippen LogP contribution in [0, 0.1) is 19.7 Å². The Kier molecular flexibility index (Phi) is 5.68. The van der Waals surface area contributed by atoms with Gasteiger partial charge in [-0.2, -0.15) is 5.10 Å². The van der Waals surface area contributed by atoms with Crippen molar-refractivity contribution in [2.45, 2.75) is 20.4 Å². The molecule has 2 heterocycles. The molecule has 0 saturated carbocycles. The maximum Gasteiger partial charge on any atom is 0.258 e. The second-order valence-corrected chi connectivity index (χ2v) is 6.76. The number of carbonyl (C=O) groups is 1. The third-order valence-corrected chi connectivity index (χ3v) is 4.88. The van der Waals surface area contributed by atoms with Gasteiger partial charge in [0.2, 0.25) is 0 Å². The number of amides is 1. The second kappa shape index (κ2) is 8.14. The third kappa shape index (κ3) is 4.11. The minimum absolute atomic E-state index is 0.0711.